The molecular formula is C18H20N4O3S. The third-order valence-corrected chi connectivity index (χ3v) is 5.42. The number of para-hydroxylation sites is 1. The zero-order valence-corrected chi connectivity index (χ0v) is 15.0. The molecule has 2 aromatic carbocycles. The van der Waals surface area contributed by atoms with Gasteiger partial charge in [-0.25, -0.2) is 8.42 Å². The molecule has 8 heteroatoms. The second-order valence-corrected chi connectivity index (χ2v) is 7.78. The van der Waals surface area contributed by atoms with Gasteiger partial charge in [-0.3, -0.25) is 0 Å². The molecule has 0 fully saturated rings. The molecule has 0 aliphatic carbocycles. The van der Waals surface area contributed by atoms with Gasteiger partial charge >= 0.3 is 0 Å². The van der Waals surface area contributed by atoms with Crippen molar-refractivity contribution in [3.8, 4) is 5.69 Å². The summed E-state index contributed by atoms with van der Waals surface area (Å²) in [5.41, 5.74) is 1.71. The Morgan fingerprint density at radius 1 is 0.923 bits per heavy atom. The van der Waals surface area contributed by atoms with Crippen LogP contribution in [-0.2, 0) is 21.2 Å². The number of rotatable bonds is 9. The van der Waals surface area contributed by atoms with Crippen LogP contribution in [0.3, 0.4) is 0 Å². The zero-order valence-electron chi connectivity index (χ0n) is 14.2. The van der Waals surface area contributed by atoms with Crippen molar-refractivity contribution >= 4 is 9.84 Å². The quantitative estimate of drug-likeness (QED) is 0.536. The van der Waals surface area contributed by atoms with Gasteiger partial charge in [-0.2, -0.15) is 4.68 Å². The number of unbranched alkanes of at least 4 members (excludes halogenated alkanes) is 1. The first-order valence-corrected chi connectivity index (χ1v) is 10.0. The maximum absolute atomic E-state index is 12.5. The van der Waals surface area contributed by atoms with Crippen LogP contribution < -0.4 is 0 Å². The topological polar surface area (TPSA) is 87.0 Å². The van der Waals surface area contributed by atoms with Gasteiger partial charge in [0, 0.05) is 6.61 Å². The summed E-state index contributed by atoms with van der Waals surface area (Å²) in [7, 11) is -3.56. The smallest absolute Gasteiger partial charge is 0.272 e. The van der Waals surface area contributed by atoms with Gasteiger partial charge in [0.05, 0.1) is 18.0 Å². The van der Waals surface area contributed by atoms with E-state index in [1.165, 1.54) is 4.68 Å². The first-order valence-electron chi connectivity index (χ1n) is 8.35. The van der Waals surface area contributed by atoms with Crippen molar-refractivity contribution in [3.63, 3.8) is 0 Å². The molecule has 0 amide bonds. The van der Waals surface area contributed by atoms with E-state index in [1.54, 1.807) is 24.3 Å². The van der Waals surface area contributed by atoms with Crippen LogP contribution in [0.25, 0.3) is 5.69 Å². The van der Waals surface area contributed by atoms with Crippen molar-refractivity contribution in [2.24, 2.45) is 0 Å². The highest BCUT2D eigenvalue weighted by molar-refractivity contribution is 7.91. The summed E-state index contributed by atoms with van der Waals surface area (Å²) in [5.74, 6) is -0.0189. The Labute approximate surface area is 152 Å². The summed E-state index contributed by atoms with van der Waals surface area (Å²) in [6.45, 7) is 1.04. The van der Waals surface area contributed by atoms with E-state index in [2.05, 4.69) is 15.5 Å². The minimum absolute atomic E-state index is 0.0189. The first kappa shape index (κ1) is 18.2. The number of hydrogen-bond acceptors (Lipinski definition) is 6. The van der Waals surface area contributed by atoms with Crippen LogP contribution in [-0.4, -0.2) is 41.0 Å². The van der Waals surface area contributed by atoms with E-state index in [1.807, 2.05) is 36.4 Å². The predicted octanol–water partition coefficient (Wildman–Crippen LogP) is 2.43. The monoisotopic (exact) mass is 372 g/mol. The molecular weight excluding hydrogens is 352 g/mol. The standard InChI is InChI=1S/C18H20N4O3S/c23-26(24,14-8-7-13-25-15-16-9-3-1-4-10-16)18-19-20-21-22(18)17-11-5-2-6-12-17/h1-6,9-12H,7-8,13-15H2. The van der Waals surface area contributed by atoms with E-state index >= 15 is 0 Å². The zero-order chi connectivity index (χ0) is 18.2. The van der Waals surface area contributed by atoms with Gasteiger partial charge < -0.3 is 4.74 Å². The molecule has 0 saturated heterocycles. The molecule has 0 unspecified atom stereocenters. The van der Waals surface area contributed by atoms with Crippen LogP contribution in [0.15, 0.2) is 65.8 Å². The van der Waals surface area contributed by atoms with Gasteiger partial charge in [0.25, 0.3) is 5.16 Å². The van der Waals surface area contributed by atoms with Gasteiger partial charge in [0.15, 0.2) is 0 Å². The van der Waals surface area contributed by atoms with E-state index in [0.29, 0.717) is 31.7 Å². The number of ether oxygens (including phenoxy) is 1. The number of hydrogen-bond donors (Lipinski definition) is 0. The number of nitrogens with zero attached hydrogens (tertiary/aromatic N) is 4. The number of sulfone groups is 1. The van der Waals surface area contributed by atoms with E-state index in [0.717, 1.165) is 5.56 Å². The molecule has 3 aromatic rings. The molecule has 0 aliphatic rings. The third kappa shape index (κ3) is 4.74. The van der Waals surface area contributed by atoms with Gasteiger partial charge in [-0.05, 0) is 41.0 Å². The van der Waals surface area contributed by atoms with E-state index < -0.39 is 9.84 Å². The fraction of sp³-hybridized carbons (Fsp3) is 0.278. The first-order chi connectivity index (χ1) is 12.7. The molecule has 0 atom stereocenters. The molecule has 0 N–H and O–H groups in total. The number of tetrazole rings is 1. The van der Waals surface area contributed by atoms with Gasteiger partial charge in [0.1, 0.15) is 0 Å². The fourth-order valence-corrected chi connectivity index (χ4v) is 3.79. The molecule has 1 aromatic heterocycles. The maximum Gasteiger partial charge on any atom is 0.272 e. The summed E-state index contributed by atoms with van der Waals surface area (Å²) in [5, 5.41) is 10.9. The summed E-state index contributed by atoms with van der Waals surface area (Å²) in [6, 6.07) is 18.8. The van der Waals surface area contributed by atoms with Crippen LogP contribution in [0.5, 0.6) is 0 Å². The second kappa shape index (κ2) is 8.68. The summed E-state index contributed by atoms with van der Waals surface area (Å²) in [4.78, 5) is 0. The molecule has 0 spiro atoms. The van der Waals surface area contributed by atoms with Crippen LogP contribution in [0.1, 0.15) is 18.4 Å². The highest BCUT2D eigenvalue weighted by Crippen LogP contribution is 2.14. The maximum atomic E-state index is 12.5. The minimum atomic E-state index is -3.56. The minimum Gasteiger partial charge on any atom is -0.377 e. The van der Waals surface area contributed by atoms with E-state index in [-0.39, 0.29) is 10.9 Å². The molecule has 7 nitrogen and oxygen atoms in total. The molecule has 0 radical (unpaired) electrons. The molecule has 26 heavy (non-hydrogen) atoms. The Hall–Kier alpha value is -2.58. The van der Waals surface area contributed by atoms with Crippen molar-refractivity contribution in [1.82, 2.24) is 20.2 Å². The van der Waals surface area contributed by atoms with Crippen molar-refractivity contribution < 1.29 is 13.2 Å². The van der Waals surface area contributed by atoms with Crippen LogP contribution >= 0.6 is 0 Å². The average molecular weight is 372 g/mol. The Morgan fingerprint density at radius 2 is 1.62 bits per heavy atom. The van der Waals surface area contributed by atoms with Crippen LogP contribution in [0.2, 0.25) is 0 Å². The molecule has 3 rings (SSSR count). The van der Waals surface area contributed by atoms with Gasteiger partial charge in [0.2, 0.25) is 9.84 Å². The third-order valence-electron chi connectivity index (χ3n) is 3.78. The molecule has 0 saturated carbocycles. The second-order valence-electron chi connectivity index (χ2n) is 5.77. The summed E-state index contributed by atoms with van der Waals surface area (Å²) in [6.07, 6.45) is 1.14. The van der Waals surface area contributed by atoms with Crippen molar-refractivity contribution in [1.29, 1.82) is 0 Å². The van der Waals surface area contributed by atoms with Crippen molar-refractivity contribution in [3.05, 3.63) is 66.2 Å². The average Bonchev–Trinajstić information content (AvgIpc) is 3.17. The van der Waals surface area contributed by atoms with Gasteiger partial charge in [-0.15, -0.1) is 0 Å². The van der Waals surface area contributed by atoms with E-state index in [9.17, 15) is 8.42 Å². The lowest BCUT2D eigenvalue weighted by Crippen LogP contribution is -2.14. The van der Waals surface area contributed by atoms with Crippen LogP contribution in [0, 0.1) is 0 Å². The summed E-state index contributed by atoms with van der Waals surface area (Å²) < 4.78 is 31.9. The highest BCUT2D eigenvalue weighted by atomic mass is 32.2. The predicted molar refractivity (Wildman–Crippen MR) is 96.5 cm³/mol. The Morgan fingerprint density at radius 3 is 2.35 bits per heavy atom. The lowest BCUT2D eigenvalue weighted by atomic mass is 10.2. The lowest BCUT2D eigenvalue weighted by molar-refractivity contribution is 0.118. The van der Waals surface area contributed by atoms with Crippen LogP contribution in [0.4, 0.5) is 0 Å². The normalized spacial score (nSPS) is 11.5. The largest absolute Gasteiger partial charge is 0.377 e. The van der Waals surface area contributed by atoms with Gasteiger partial charge in [-0.1, -0.05) is 53.6 Å². The molecule has 1 heterocycles. The summed E-state index contributed by atoms with van der Waals surface area (Å²) >= 11 is 0. The lowest BCUT2D eigenvalue weighted by Gasteiger charge is -2.06. The Kier molecular flexibility index (Phi) is 6.08. The highest BCUT2D eigenvalue weighted by Gasteiger charge is 2.23. The fourth-order valence-electron chi connectivity index (χ4n) is 2.46. The molecule has 136 valence electrons. The SMILES string of the molecule is O=S(=O)(CCCCOCc1ccccc1)c1nnnn1-c1ccccc1. The number of benzene rings is 2. The molecule has 0 aliphatic heterocycles. The Bertz CT molecular complexity index is 912. The number of aromatic nitrogens is 4. The van der Waals surface area contributed by atoms with Crippen molar-refractivity contribution in [2.45, 2.75) is 24.6 Å². The van der Waals surface area contributed by atoms with E-state index in [4.69, 9.17) is 4.74 Å². The molecule has 0 bridgehead atoms. The Balaban J connectivity index is 1.50. The van der Waals surface area contributed by atoms with Crippen molar-refractivity contribution in [2.75, 3.05) is 12.4 Å².